The number of nitrogens with one attached hydrogen (secondary N) is 2. The number of aryl methyl sites for hydroxylation is 3. The lowest BCUT2D eigenvalue weighted by Gasteiger charge is -2.12. The molecule has 4 aromatic rings. The molecule has 7 nitrogen and oxygen atoms in total. The highest BCUT2D eigenvalue weighted by Crippen LogP contribution is 2.32. The lowest BCUT2D eigenvalue weighted by atomic mass is 10.0. The van der Waals surface area contributed by atoms with E-state index in [1.807, 2.05) is 81.0 Å². The number of pyridine rings is 1. The summed E-state index contributed by atoms with van der Waals surface area (Å²) in [7, 11) is 0. The van der Waals surface area contributed by atoms with Crippen LogP contribution in [0.15, 0.2) is 54.7 Å². The Balaban J connectivity index is 1.43. The average Bonchev–Trinajstić information content (AvgIpc) is 3.35. The second-order valence-electron chi connectivity index (χ2n) is 8.45. The highest BCUT2D eigenvalue weighted by atomic mass is 16.2. The van der Waals surface area contributed by atoms with Crippen LogP contribution in [0.1, 0.15) is 46.9 Å². The van der Waals surface area contributed by atoms with Gasteiger partial charge in [-0.25, -0.2) is 4.68 Å². The molecular weight excluding hydrogens is 412 g/mol. The van der Waals surface area contributed by atoms with Crippen molar-refractivity contribution in [3.05, 3.63) is 77.0 Å². The van der Waals surface area contributed by atoms with Gasteiger partial charge in [0.15, 0.2) is 5.82 Å². The van der Waals surface area contributed by atoms with E-state index in [0.717, 1.165) is 44.8 Å². The van der Waals surface area contributed by atoms with Crippen LogP contribution in [-0.2, 0) is 6.54 Å². The summed E-state index contributed by atoms with van der Waals surface area (Å²) in [4.78, 5) is 21.4. The normalized spacial score (nSPS) is 14.8. The van der Waals surface area contributed by atoms with Crippen molar-refractivity contribution in [2.45, 2.75) is 40.3 Å². The van der Waals surface area contributed by atoms with Crippen LogP contribution in [0.3, 0.4) is 0 Å². The zero-order valence-electron chi connectivity index (χ0n) is 19.2. The van der Waals surface area contributed by atoms with Crippen molar-refractivity contribution in [3.8, 4) is 22.6 Å². The maximum atomic E-state index is 12.1. The van der Waals surface area contributed by atoms with Crippen molar-refractivity contribution in [1.82, 2.24) is 25.1 Å². The van der Waals surface area contributed by atoms with Gasteiger partial charge in [0.1, 0.15) is 0 Å². The predicted molar refractivity (Wildman–Crippen MR) is 129 cm³/mol. The van der Waals surface area contributed by atoms with Crippen molar-refractivity contribution in [1.29, 1.82) is 0 Å². The van der Waals surface area contributed by atoms with E-state index in [-0.39, 0.29) is 11.9 Å². The summed E-state index contributed by atoms with van der Waals surface area (Å²) in [6, 6.07) is 16.2. The Bertz CT molecular complexity index is 1340. The quantitative estimate of drug-likeness (QED) is 0.448. The molecule has 5 rings (SSSR count). The first-order chi connectivity index (χ1) is 15.9. The van der Waals surface area contributed by atoms with Crippen LogP contribution in [0.4, 0.5) is 11.6 Å². The van der Waals surface area contributed by atoms with Gasteiger partial charge in [0.25, 0.3) is 5.91 Å². The van der Waals surface area contributed by atoms with Gasteiger partial charge >= 0.3 is 0 Å². The SMILES string of the molecule is CCn1nc(-c2ccc(-c3ccc(C)cn3)cc2)nc1Nc1cc2c(cc1C)C(=O)NC2C. The fourth-order valence-electron chi connectivity index (χ4n) is 4.09. The van der Waals surface area contributed by atoms with Crippen LogP contribution in [-0.4, -0.2) is 25.7 Å². The smallest absolute Gasteiger partial charge is 0.252 e. The monoisotopic (exact) mass is 438 g/mol. The highest BCUT2D eigenvalue weighted by molar-refractivity contribution is 6.00. The third kappa shape index (κ3) is 3.86. The molecule has 2 aromatic heterocycles. The lowest BCUT2D eigenvalue weighted by Crippen LogP contribution is -2.16. The van der Waals surface area contributed by atoms with Crippen LogP contribution in [0.2, 0.25) is 0 Å². The lowest BCUT2D eigenvalue weighted by molar-refractivity contribution is 0.0958. The third-order valence-electron chi connectivity index (χ3n) is 6.02. The first kappa shape index (κ1) is 20.9. The Hall–Kier alpha value is -4.00. The van der Waals surface area contributed by atoms with E-state index in [0.29, 0.717) is 18.3 Å². The van der Waals surface area contributed by atoms with Crippen molar-refractivity contribution < 1.29 is 4.79 Å². The number of carbonyl (C=O) groups is 1. The molecule has 2 aromatic carbocycles. The molecule has 33 heavy (non-hydrogen) atoms. The van der Waals surface area contributed by atoms with Crippen molar-refractivity contribution in [2.75, 3.05) is 5.32 Å². The molecular formula is C26H26N6O. The van der Waals surface area contributed by atoms with Crippen LogP contribution in [0.25, 0.3) is 22.6 Å². The number of fused-ring (bicyclic) bond motifs is 1. The second kappa shape index (κ2) is 8.16. The predicted octanol–water partition coefficient (Wildman–Crippen LogP) is 5.19. The van der Waals surface area contributed by atoms with Crippen LogP contribution < -0.4 is 10.6 Å². The number of aromatic nitrogens is 4. The van der Waals surface area contributed by atoms with Gasteiger partial charge in [0.2, 0.25) is 5.95 Å². The van der Waals surface area contributed by atoms with Crippen LogP contribution >= 0.6 is 0 Å². The van der Waals surface area contributed by atoms with Crippen molar-refractivity contribution in [2.24, 2.45) is 0 Å². The summed E-state index contributed by atoms with van der Waals surface area (Å²) in [5.41, 5.74) is 7.72. The van der Waals surface area contributed by atoms with E-state index in [4.69, 9.17) is 10.1 Å². The summed E-state index contributed by atoms with van der Waals surface area (Å²) in [6.07, 6.45) is 1.87. The number of benzene rings is 2. The summed E-state index contributed by atoms with van der Waals surface area (Å²) in [6.45, 7) is 8.73. The Labute approximate surface area is 192 Å². The first-order valence-electron chi connectivity index (χ1n) is 11.1. The van der Waals surface area contributed by atoms with E-state index in [9.17, 15) is 4.79 Å². The molecule has 0 aliphatic carbocycles. The molecule has 7 heteroatoms. The number of amides is 1. The largest absolute Gasteiger partial charge is 0.345 e. The van der Waals surface area contributed by atoms with E-state index < -0.39 is 0 Å². The Morgan fingerprint density at radius 1 is 1.06 bits per heavy atom. The van der Waals surface area contributed by atoms with E-state index in [1.165, 1.54) is 0 Å². The molecule has 0 bridgehead atoms. The second-order valence-corrected chi connectivity index (χ2v) is 8.45. The zero-order chi connectivity index (χ0) is 23.1. The minimum atomic E-state index is -0.0181. The summed E-state index contributed by atoms with van der Waals surface area (Å²) in [5, 5.41) is 11.1. The summed E-state index contributed by atoms with van der Waals surface area (Å²) >= 11 is 0. The van der Waals surface area contributed by atoms with E-state index in [1.54, 1.807) is 0 Å². The number of hydrogen-bond donors (Lipinski definition) is 2. The van der Waals surface area contributed by atoms with Gasteiger partial charge in [-0.15, -0.1) is 5.10 Å². The standard InChI is InChI=1S/C26H26N6O/c1-5-32-26(29-23-13-20-17(4)28-25(33)21(20)12-16(23)3)30-24(31-32)19-9-7-18(8-10-19)22-11-6-15(2)14-27-22/h6-14,17H,5H2,1-4H3,(H,28,33)(H,29,30,31). The number of nitrogens with zero attached hydrogens (tertiary/aromatic N) is 4. The van der Waals surface area contributed by atoms with Crippen LogP contribution in [0.5, 0.6) is 0 Å². The van der Waals surface area contributed by atoms with Crippen LogP contribution in [0, 0.1) is 13.8 Å². The van der Waals surface area contributed by atoms with Gasteiger partial charge in [-0.3, -0.25) is 9.78 Å². The molecule has 3 heterocycles. The molecule has 0 saturated heterocycles. The van der Waals surface area contributed by atoms with Gasteiger partial charge < -0.3 is 10.6 Å². The molecule has 0 radical (unpaired) electrons. The van der Waals surface area contributed by atoms with Gasteiger partial charge in [-0.2, -0.15) is 4.98 Å². The van der Waals surface area contributed by atoms with Gasteiger partial charge in [-0.1, -0.05) is 30.3 Å². The van der Waals surface area contributed by atoms with Gasteiger partial charge in [-0.05, 0) is 62.6 Å². The maximum Gasteiger partial charge on any atom is 0.252 e. The van der Waals surface area contributed by atoms with Gasteiger partial charge in [0.05, 0.1) is 11.7 Å². The summed E-state index contributed by atoms with van der Waals surface area (Å²) < 4.78 is 1.85. The van der Waals surface area contributed by atoms with Gasteiger partial charge in [0, 0.05) is 35.1 Å². The third-order valence-corrected chi connectivity index (χ3v) is 6.02. The van der Waals surface area contributed by atoms with E-state index in [2.05, 4.69) is 21.7 Å². The molecule has 1 unspecified atom stereocenters. The summed E-state index contributed by atoms with van der Waals surface area (Å²) in [5.74, 6) is 1.31. The Morgan fingerprint density at radius 3 is 2.52 bits per heavy atom. The zero-order valence-corrected chi connectivity index (χ0v) is 19.2. The fourth-order valence-corrected chi connectivity index (χ4v) is 4.09. The fraction of sp³-hybridized carbons (Fsp3) is 0.231. The molecule has 1 aliphatic rings. The molecule has 0 saturated carbocycles. The molecule has 0 fully saturated rings. The molecule has 1 amide bonds. The van der Waals surface area contributed by atoms with E-state index >= 15 is 0 Å². The van der Waals surface area contributed by atoms with Crippen molar-refractivity contribution in [3.63, 3.8) is 0 Å². The number of hydrogen-bond acceptors (Lipinski definition) is 5. The number of anilines is 2. The molecule has 1 aliphatic heterocycles. The molecule has 166 valence electrons. The Kier molecular flexibility index (Phi) is 5.17. The molecule has 0 spiro atoms. The number of carbonyl (C=O) groups excluding carboxylic acids is 1. The average molecular weight is 439 g/mol. The Morgan fingerprint density at radius 2 is 1.82 bits per heavy atom. The molecule has 1 atom stereocenters. The molecule has 2 N–H and O–H groups in total. The topological polar surface area (TPSA) is 84.7 Å². The highest BCUT2D eigenvalue weighted by Gasteiger charge is 2.26. The minimum Gasteiger partial charge on any atom is -0.345 e. The maximum absolute atomic E-state index is 12.1. The minimum absolute atomic E-state index is 0.00482. The van der Waals surface area contributed by atoms with Crippen molar-refractivity contribution >= 4 is 17.5 Å². The first-order valence-corrected chi connectivity index (χ1v) is 11.1. The number of rotatable bonds is 5.